The zero-order chi connectivity index (χ0) is 11.8. The number of hydrogen-bond donors (Lipinski definition) is 1. The van der Waals surface area contributed by atoms with Crippen LogP contribution >= 0.6 is 0 Å². The molecule has 1 fully saturated rings. The molecule has 0 saturated heterocycles. The second-order valence-corrected chi connectivity index (χ2v) is 5.21. The lowest BCUT2D eigenvalue weighted by Gasteiger charge is -2.14. The Balaban J connectivity index is 2.23. The molecule has 3 atom stereocenters. The maximum atomic E-state index is 9.81. The first kappa shape index (κ1) is 13.8. The van der Waals surface area contributed by atoms with Crippen LogP contribution in [0.5, 0.6) is 0 Å². The third-order valence-electron chi connectivity index (χ3n) is 3.93. The van der Waals surface area contributed by atoms with Crippen molar-refractivity contribution in [3.8, 4) is 0 Å². The molecule has 94 valence electrons. The number of aliphatic hydroxyl groups excluding tert-OH is 1. The van der Waals surface area contributed by atoms with E-state index in [9.17, 15) is 5.11 Å². The molecule has 3 unspecified atom stereocenters. The molecule has 0 radical (unpaired) electrons. The first-order chi connectivity index (χ1) is 7.77. The van der Waals surface area contributed by atoms with Crippen molar-refractivity contribution in [2.45, 2.75) is 71.3 Å². The SMILES string of the molecule is CCCCCC(O)C=CC1CCCC1CC. The highest BCUT2D eigenvalue weighted by Crippen LogP contribution is 2.34. The average molecular weight is 224 g/mol. The van der Waals surface area contributed by atoms with Crippen LogP contribution in [0, 0.1) is 11.8 Å². The Bertz CT molecular complexity index is 198. The molecule has 0 aromatic heterocycles. The normalized spacial score (nSPS) is 27.7. The van der Waals surface area contributed by atoms with Crippen molar-refractivity contribution in [1.82, 2.24) is 0 Å². The van der Waals surface area contributed by atoms with Crippen LogP contribution in [0.2, 0.25) is 0 Å². The van der Waals surface area contributed by atoms with Gasteiger partial charge in [0, 0.05) is 0 Å². The van der Waals surface area contributed by atoms with E-state index in [1.54, 1.807) is 0 Å². The second kappa shape index (κ2) is 7.89. The number of hydrogen-bond acceptors (Lipinski definition) is 1. The number of rotatable bonds is 7. The lowest BCUT2D eigenvalue weighted by atomic mass is 9.93. The molecule has 0 aromatic rings. The quantitative estimate of drug-likeness (QED) is 0.504. The second-order valence-electron chi connectivity index (χ2n) is 5.21. The Morgan fingerprint density at radius 3 is 2.75 bits per heavy atom. The molecule has 1 nitrogen and oxygen atoms in total. The zero-order valence-corrected chi connectivity index (χ0v) is 11.0. The molecule has 0 amide bonds. The Labute approximate surface area is 101 Å². The van der Waals surface area contributed by atoms with Gasteiger partial charge >= 0.3 is 0 Å². The topological polar surface area (TPSA) is 20.2 Å². The molecule has 0 aromatic carbocycles. The van der Waals surface area contributed by atoms with Crippen molar-refractivity contribution in [1.29, 1.82) is 0 Å². The highest BCUT2D eigenvalue weighted by Gasteiger charge is 2.23. The fourth-order valence-electron chi connectivity index (χ4n) is 2.80. The molecule has 1 heteroatoms. The Kier molecular flexibility index (Phi) is 6.79. The third-order valence-corrected chi connectivity index (χ3v) is 3.93. The van der Waals surface area contributed by atoms with Crippen molar-refractivity contribution < 1.29 is 5.11 Å². The van der Waals surface area contributed by atoms with Gasteiger partial charge in [-0.15, -0.1) is 0 Å². The minimum Gasteiger partial charge on any atom is -0.389 e. The van der Waals surface area contributed by atoms with Gasteiger partial charge in [-0.25, -0.2) is 0 Å². The molecule has 0 bridgehead atoms. The smallest absolute Gasteiger partial charge is 0.0721 e. The standard InChI is InChI=1S/C15H28O/c1-3-5-6-10-15(16)12-11-14-9-7-8-13(14)4-2/h11-16H,3-10H2,1-2H3. The molecule has 0 aliphatic heterocycles. The van der Waals surface area contributed by atoms with Crippen LogP contribution in [0.25, 0.3) is 0 Å². The van der Waals surface area contributed by atoms with Crippen LogP contribution in [0.3, 0.4) is 0 Å². The minimum atomic E-state index is -0.204. The summed E-state index contributed by atoms with van der Waals surface area (Å²) in [5.41, 5.74) is 0. The van der Waals surface area contributed by atoms with Gasteiger partial charge in [-0.2, -0.15) is 0 Å². The van der Waals surface area contributed by atoms with Crippen molar-refractivity contribution in [2.24, 2.45) is 11.8 Å². The van der Waals surface area contributed by atoms with Gasteiger partial charge in [0.25, 0.3) is 0 Å². The summed E-state index contributed by atoms with van der Waals surface area (Å²) >= 11 is 0. The maximum Gasteiger partial charge on any atom is 0.0721 e. The first-order valence-electron chi connectivity index (χ1n) is 7.14. The summed E-state index contributed by atoms with van der Waals surface area (Å²) in [5, 5.41) is 9.81. The lowest BCUT2D eigenvalue weighted by molar-refractivity contribution is 0.207. The van der Waals surface area contributed by atoms with E-state index in [0.29, 0.717) is 0 Å². The molecular weight excluding hydrogens is 196 g/mol. The van der Waals surface area contributed by atoms with E-state index >= 15 is 0 Å². The van der Waals surface area contributed by atoms with Crippen molar-refractivity contribution >= 4 is 0 Å². The predicted octanol–water partition coefficient (Wildman–Crippen LogP) is 4.31. The Morgan fingerprint density at radius 2 is 2.06 bits per heavy atom. The fourth-order valence-corrected chi connectivity index (χ4v) is 2.80. The summed E-state index contributed by atoms with van der Waals surface area (Å²) in [4.78, 5) is 0. The number of aliphatic hydroxyl groups is 1. The van der Waals surface area contributed by atoms with E-state index in [1.165, 1.54) is 38.5 Å². The lowest BCUT2D eigenvalue weighted by Crippen LogP contribution is -2.06. The Hall–Kier alpha value is -0.300. The van der Waals surface area contributed by atoms with Crippen LogP contribution in [0.4, 0.5) is 0 Å². The maximum absolute atomic E-state index is 9.81. The van der Waals surface area contributed by atoms with Crippen molar-refractivity contribution in [3.63, 3.8) is 0 Å². The van der Waals surface area contributed by atoms with E-state index in [2.05, 4.69) is 19.9 Å². The Morgan fingerprint density at radius 1 is 1.25 bits per heavy atom. The van der Waals surface area contributed by atoms with Gasteiger partial charge in [0.15, 0.2) is 0 Å². The predicted molar refractivity (Wildman–Crippen MR) is 70.4 cm³/mol. The summed E-state index contributed by atoms with van der Waals surface area (Å²) in [5.74, 6) is 1.62. The van der Waals surface area contributed by atoms with Crippen LogP contribution in [0.15, 0.2) is 12.2 Å². The van der Waals surface area contributed by atoms with Gasteiger partial charge in [0.05, 0.1) is 6.10 Å². The monoisotopic (exact) mass is 224 g/mol. The largest absolute Gasteiger partial charge is 0.389 e. The molecule has 1 aliphatic carbocycles. The van der Waals surface area contributed by atoms with E-state index in [-0.39, 0.29) is 6.10 Å². The van der Waals surface area contributed by atoms with Gasteiger partial charge in [0.2, 0.25) is 0 Å². The van der Waals surface area contributed by atoms with E-state index in [4.69, 9.17) is 0 Å². The minimum absolute atomic E-state index is 0.204. The average Bonchev–Trinajstić information content (AvgIpc) is 2.74. The van der Waals surface area contributed by atoms with E-state index in [1.807, 2.05) is 6.08 Å². The van der Waals surface area contributed by atoms with Crippen LogP contribution in [-0.2, 0) is 0 Å². The van der Waals surface area contributed by atoms with Crippen LogP contribution in [-0.4, -0.2) is 11.2 Å². The third kappa shape index (κ3) is 4.69. The molecule has 16 heavy (non-hydrogen) atoms. The summed E-state index contributed by atoms with van der Waals surface area (Å²) in [7, 11) is 0. The van der Waals surface area contributed by atoms with Crippen molar-refractivity contribution in [3.05, 3.63) is 12.2 Å². The molecule has 1 aliphatic rings. The fraction of sp³-hybridized carbons (Fsp3) is 0.867. The van der Waals surface area contributed by atoms with Gasteiger partial charge < -0.3 is 5.11 Å². The van der Waals surface area contributed by atoms with Crippen LogP contribution < -0.4 is 0 Å². The molecule has 1 saturated carbocycles. The summed E-state index contributed by atoms with van der Waals surface area (Å²) in [6.45, 7) is 4.49. The van der Waals surface area contributed by atoms with Gasteiger partial charge in [-0.3, -0.25) is 0 Å². The van der Waals surface area contributed by atoms with Gasteiger partial charge in [-0.05, 0) is 31.1 Å². The highest BCUT2D eigenvalue weighted by molar-refractivity contribution is 4.97. The molecule has 1 N–H and O–H groups in total. The van der Waals surface area contributed by atoms with Gasteiger partial charge in [0.1, 0.15) is 0 Å². The first-order valence-corrected chi connectivity index (χ1v) is 7.14. The van der Waals surface area contributed by atoms with E-state index < -0.39 is 0 Å². The summed E-state index contributed by atoms with van der Waals surface area (Å²) < 4.78 is 0. The van der Waals surface area contributed by atoms with Crippen LogP contribution in [0.1, 0.15) is 65.2 Å². The number of allylic oxidation sites excluding steroid dienone is 1. The van der Waals surface area contributed by atoms with Gasteiger partial charge in [-0.1, -0.05) is 58.1 Å². The highest BCUT2D eigenvalue weighted by atomic mass is 16.3. The van der Waals surface area contributed by atoms with Crippen molar-refractivity contribution in [2.75, 3.05) is 0 Å². The summed E-state index contributed by atoms with van der Waals surface area (Å²) in [6, 6.07) is 0. The molecule has 0 spiro atoms. The summed E-state index contributed by atoms with van der Waals surface area (Å²) in [6.07, 6.45) is 14.1. The van der Waals surface area contributed by atoms with E-state index in [0.717, 1.165) is 24.7 Å². The molecule has 0 heterocycles. The molecular formula is C15H28O. The molecule has 1 rings (SSSR count). The number of unbranched alkanes of at least 4 members (excludes halogenated alkanes) is 2. The zero-order valence-electron chi connectivity index (χ0n) is 11.0.